The third kappa shape index (κ3) is 5.33. The number of carbonyl (C=O) groups is 1. The number of hydrogen-bond donors (Lipinski definition) is 2. The third-order valence-corrected chi connectivity index (χ3v) is 6.94. The van der Waals surface area contributed by atoms with Crippen LogP contribution in [-0.4, -0.2) is 42.9 Å². The third-order valence-electron chi connectivity index (χ3n) is 5.54. The van der Waals surface area contributed by atoms with Gasteiger partial charge in [0.1, 0.15) is 5.82 Å². The molecule has 0 atom stereocenters. The van der Waals surface area contributed by atoms with Crippen LogP contribution in [0.25, 0.3) is 0 Å². The minimum absolute atomic E-state index is 0.0329. The van der Waals surface area contributed by atoms with Crippen LogP contribution in [0.15, 0.2) is 47.4 Å². The monoisotopic (exact) mass is 474 g/mol. The molecule has 0 saturated heterocycles. The molecule has 0 fully saturated rings. The summed E-state index contributed by atoms with van der Waals surface area (Å²) in [7, 11) is -2.20. The zero-order valence-corrected chi connectivity index (χ0v) is 19.8. The maximum atomic E-state index is 13.1. The van der Waals surface area contributed by atoms with Gasteiger partial charge in [-0.1, -0.05) is 0 Å². The summed E-state index contributed by atoms with van der Waals surface area (Å²) in [5, 5.41) is 14.3. The lowest BCUT2D eigenvalue weighted by Gasteiger charge is -2.22. The number of halogens is 1. The number of aromatic carboxylic acids is 1. The van der Waals surface area contributed by atoms with Crippen LogP contribution < -0.4 is 9.62 Å². The highest BCUT2D eigenvalue weighted by Gasteiger charge is 2.19. The first kappa shape index (κ1) is 24.2. The predicted octanol–water partition coefficient (Wildman–Crippen LogP) is 3.84. The lowest BCUT2D eigenvalue weighted by atomic mass is 10.1. The Balaban J connectivity index is 1.81. The van der Waals surface area contributed by atoms with Crippen LogP contribution in [0.2, 0.25) is 0 Å². The van der Waals surface area contributed by atoms with Gasteiger partial charge in [-0.25, -0.2) is 17.6 Å². The molecule has 33 heavy (non-hydrogen) atoms. The van der Waals surface area contributed by atoms with Crippen LogP contribution in [0.5, 0.6) is 0 Å². The van der Waals surface area contributed by atoms with Crippen LogP contribution >= 0.6 is 0 Å². The largest absolute Gasteiger partial charge is 0.478 e. The number of rotatable bonds is 9. The van der Waals surface area contributed by atoms with Crippen molar-refractivity contribution in [3.8, 4) is 0 Å². The van der Waals surface area contributed by atoms with Crippen molar-refractivity contribution in [2.75, 3.05) is 23.2 Å². The fraction of sp³-hybridized carbons (Fsp3) is 0.304. The highest BCUT2D eigenvalue weighted by molar-refractivity contribution is 7.92. The number of likely N-dealkylation sites (N-methyl/N-ethyl adjacent to an activating group) is 1. The van der Waals surface area contributed by atoms with E-state index in [0.29, 0.717) is 18.7 Å². The number of aryl methyl sites for hydroxylation is 2. The molecule has 0 bridgehead atoms. The molecule has 3 aromatic rings. The smallest absolute Gasteiger partial charge is 0.337 e. The van der Waals surface area contributed by atoms with Crippen LogP contribution in [0.1, 0.15) is 34.2 Å². The summed E-state index contributed by atoms with van der Waals surface area (Å²) in [4.78, 5) is 13.6. The van der Waals surface area contributed by atoms with E-state index >= 15 is 0 Å². The molecule has 0 aliphatic rings. The molecule has 0 amide bonds. The zero-order valence-electron chi connectivity index (χ0n) is 19.0. The van der Waals surface area contributed by atoms with Crippen LogP contribution in [0, 0.1) is 19.7 Å². The fourth-order valence-corrected chi connectivity index (χ4v) is 4.78. The lowest BCUT2D eigenvalue weighted by molar-refractivity contribution is 0.0697. The highest BCUT2D eigenvalue weighted by atomic mass is 32.2. The van der Waals surface area contributed by atoms with Crippen molar-refractivity contribution in [1.82, 2.24) is 9.78 Å². The SMILES string of the molecule is CCn1nc(C)c(CCN(C)c2ccc(NS(=O)(=O)c3ccc(F)cc3)cc2C(=O)O)c1C. The standard InChI is InChI=1S/C23H27FN4O4S/c1-5-28-16(3)20(15(2)25-28)12-13-27(4)22-11-8-18(14-21(22)23(29)30)26-33(31,32)19-9-6-17(24)7-10-19/h6-11,14,26H,5,12-13H2,1-4H3,(H,29,30). The van der Waals surface area contributed by atoms with E-state index in [1.165, 1.54) is 12.1 Å². The Labute approximate surface area is 192 Å². The zero-order chi connectivity index (χ0) is 24.3. The Morgan fingerprint density at radius 3 is 2.42 bits per heavy atom. The molecule has 1 heterocycles. The minimum Gasteiger partial charge on any atom is -0.478 e. The summed E-state index contributed by atoms with van der Waals surface area (Å²) >= 11 is 0. The second-order valence-electron chi connectivity index (χ2n) is 7.73. The van der Waals surface area contributed by atoms with Crippen LogP contribution in [0.3, 0.4) is 0 Å². The maximum Gasteiger partial charge on any atom is 0.337 e. The number of aromatic nitrogens is 2. The quantitative estimate of drug-likeness (QED) is 0.488. The van der Waals surface area contributed by atoms with Gasteiger partial charge in [0.15, 0.2) is 0 Å². The molecular weight excluding hydrogens is 447 g/mol. The van der Waals surface area contributed by atoms with Gasteiger partial charge >= 0.3 is 5.97 Å². The summed E-state index contributed by atoms with van der Waals surface area (Å²) in [6, 6.07) is 8.73. The van der Waals surface area contributed by atoms with Crippen molar-refractivity contribution >= 4 is 27.4 Å². The molecule has 0 unspecified atom stereocenters. The Morgan fingerprint density at radius 1 is 1.18 bits per heavy atom. The van der Waals surface area contributed by atoms with E-state index in [4.69, 9.17) is 0 Å². The molecule has 2 aromatic carbocycles. The Kier molecular flexibility index (Phi) is 7.06. The van der Waals surface area contributed by atoms with Gasteiger partial charge in [-0.2, -0.15) is 5.10 Å². The summed E-state index contributed by atoms with van der Waals surface area (Å²) < 4.78 is 42.5. The first-order valence-corrected chi connectivity index (χ1v) is 11.9. The van der Waals surface area contributed by atoms with Crippen LogP contribution in [-0.2, 0) is 23.0 Å². The average molecular weight is 475 g/mol. The number of carboxylic acids is 1. The molecule has 3 rings (SSSR count). The molecule has 176 valence electrons. The van der Waals surface area contributed by atoms with E-state index in [1.807, 2.05) is 30.4 Å². The molecule has 2 N–H and O–H groups in total. The number of benzene rings is 2. The van der Waals surface area contributed by atoms with Crippen molar-refractivity contribution in [2.45, 2.75) is 38.6 Å². The van der Waals surface area contributed by atoms with Crippen molar-refractivity contribution < 1.29 is 22.7 Å². The normalized spacial score (nSPS) is 11.4. The van der Waals surface area contributed by atoms with Gasteiger partial charge < -0.3 is 10.0 Å². The molecule has 0 saturated carbocycles. The first-order chi connectivity index (χ1) is 15.5. The van der Waals surface area contributed by atoms with Gasteiger partial charge in [-0.3, -0.25) is 9.40 Å². The second-order valence-corrected chi connectivity index (χ2v) is 9.42. The second kappa shape index (κ2) is 9.62. The molecule has 0 radical (unpaired) electrons. The molecule has 10 heteroatoms. The van der Waals surface area contributed by atoms with Crippen LogP contribution in [0.4, 0.5) is 15.8 Å². The number of hydrogen-bond acceptors (Lipinski definition) is 5. The highest BCUT2D eigenvalue weighted by Crippen LogP contribution is 2.26. The molecular formula is C23H27FN4O4S. The molecule has 0 aliphatic carbocycles. The van der Waals surface area contributed by atoms with E-state index < -0.39 is 21.8 Å². The van der Waals surface area contributed by atoms with Gasteiger partial charge in [0.2, 0.25) is 0 Å². The van der Waals surface area contributed by atoms with Gasteiger partial charge in [0.25, 0.3) is 10.0 Å². The van der Waals surface area contributed by atoms with Crippen molar-refractivity contribution in [1.29, 1.82) is 0 Å². The summed E-state index contributed by atoms with van der Waals surface area (Å²) in [6.45, 7) is 7.34. The first-order valence-electron chi connectivity index (χ1n) is 10.4. The molecule has 0 aliphatic heterocycles. The summed E-state index contributed by atoms with van der Waals surface area (Å²) in [6.07, 6.45) is 0.687. The number of sulfonamides is 1. The van der Waals surface area contributed by atoms with E-state index in [-0.39, 0.29) is 16.1 Å². The van der Waals surface area contributed by atoms with Gasteiger partial charge in [0, 0.05) is 31.5 Å². The van der Waals surface area contributed by atoms with Gasteiger partial charge in [-0.15, -0.1) is 0 Å². The maximum absolute atomic E-state index is 13.1. The Hall–Kier alpha value is -3.40. The van der Waals surface area contributed by atoms with E-state index in [9.17, 15) is 22.7 Å². The molecule has 8 nitrogen and oxygen atoms in total. The minimum atomic E-state index is -3.99. The number of anilines is 2. The topological polar surface area (TPSA) is 105 Å². The molecule has 1 aromatic heterocycles. The van der Waals surface area contributed by atoms with E-state index in [2.05, 4.69) is 9.82 Å². The Morgan fingerprint density at radius 2 is 1.85 bits per heavy atom. The number of nitrogens with zero attached hydrogens (tertiary/aromatic N) is 3. The van der Waals surface area contributed by atoms with E-state index in [1.54, 1.807) is 13.1 Å². The number of carboxylic acid groups (broad SMARTS) is 1. The average Bonchev–Trinajstić information content (AvgIpc) is 3.04. The van der Waals surface area contributed by atoms with Gasteiger partial charge in [-0.05, 0) is 75.2 Å². The predicted molar refractivity (Wildman–Crippen MR) is 125 cm³/mol. The Bertz CT molecular complexity index is 1270. The van der Waals surface area contributed by atoms with Crippen molar-refractivity contribution in [3.05, 3.63) is 70.8 Å². The molecule has 0 spiro atoms. The van der Waals surface area contributed by atoms with E-state index in [0.717, 1.165) is 47.8 Å². The number of nitrogens with one attached hydrogen (secondary N) is 1. The lowest BCUT2D eigenvalue weighted by Crippen LogP contribution is -2.23. The summed E-state index contributed by atoms with van der Waals surface area (Å²) in [5.41, 5.74) is 3.70. The van der Waals surface area contributed by atoms with Gasteiger partial charge in [0.05, 0.1) is 21.8 Å². The van der Waals surface area contributed by atoms with Crippen molar-refractivity contribution in [2.24, 2.45) is 0 Å². The fourth-order valence-electron chi connectivity index (χ4n) is 3.74. The van der Waals surface area contributed by atoms with Crippen molar-refractivity contribution in [3.63, 3.8) is 0 Å². The summed E-state index contributed by atoms with van der Waals surface area (Å²) in [5.74, 6) is -1.73.